The second-order valence-corrected chi connectivity index (χ2v) is 8.74. The van der Waals surface area contributed by atoms with Crippen LogP contribution in [0.1, 0.15) is 51.0 Å². The number of aliphatic hydroxyl groups is 1. The Hall–Kier alpha value is -0.980. The molecule has 1 unspecified atom stereocenters. The van der Waals surface area contributed by atoms with Crippen molar-refractivity contribution in [2.24, 2.45) is 4.99 Å². The van der Waals surface area contributed by atoms with Crippen molar-refractivity contribution in [2.45, 2.75) is 63.7 Å². The molecule has 1 aromatic rings. The number of aromatic nitrogens is 2. The number of amidine groups is 1. The maximum Gasteiger partial charge on any atom is 0.244 e. The first-order valence-corrected chi connectivity index (χ1v) is 12.9. The zero-order valence-corrected chi connectivity index (χ0v) is 20.2. The van der Waals surface area contributed by atoms with Crippen molar-refractivity contribution in [2.75, 3.05) is 32.3 Å². The quantitative estimate of drug-likeness (QED) is 0.254. The molecule has 0 amide bonds. The largest absolute Gasteiger partial charge is 0.379 e. The molecule has 0 radical (unpaired) electrons. The Balaban J connectivity index is 2.22. The molecule has 0 aromatic carbocycles. The van der Waals surface area contributed by atoms with Crippen LogP contribution in [0.4, 0.5) is 4.39 Å². The standard InChI is InChI=1S/C20H33FN4O4S2/c1-5-7-9-27-12-13-15(28-10-8-6-2)16(21)20(26,29-13)14-11-23-17(24-14)18(30-3)25-19(22)31-4/h11,13,15-16,22,26H,5-10,12H2,1-4H3,(H,23,24)/t13?,15-,16-,20+/m1/s1. The summed E-state index contributed by atoms with van der Waals surface area (Å²) in [4.78, 5) is 11.3. The van der Waals surface area contributed by atoms with Gasteiger partial charge in [-0.25, -0.2) is 14.4 Å². The lowest BCUT2D eigenvalue weighted by Crippen LogP contribution is -2.39. The molecule has 1 fully saturated rings. The van der Waals surface area contributed by atoms with Crippen molar-refractivity contribution >= 4 is 33.7 Å². The number of halogens is 1. The van der Waals surface area contributed by atoms with E-state index in [9.17, 15) is 5.11 Å². The van der Waals surface area contributed by atoms with Crippen molar-refractivity contribution in [3.8, 4) is 0 Å². The third-order valence-corrected chi connectivity index (χ3v) is 6.00. The van der Waals surface area contributed by atoms with Crippen molar-refractivity contribution in [1.29, 1.82) is 5.41 Å². The molecule has 1 aromatic heterocycles. The number of nitrogens with zero attached hydrogens (tertiary/aromatic N) is 2. The maximum atomic E-state index is 15.5. The zero-order chi connectivity index (χ0) is 22.9. The lowest BCUT2D eigenvalue weighted by molar-refractivity contribution is -0.231. The van der Waals surface area contributed by atoms with Gasteiger partial charge in [-0.2, -0.15) is 0 Å². The maximum absolute atomic E-state index is 15.5. The van der Waals surface area contributed by atoms with Gasteiger partial charge >= 0.3 is 0 Å². The van der Waals surface area contributed by atoms with Crippen LogP contribution in [0, 0.1) is 5.41 Å². The molecule has 11 heteroatoms. The number of aliphatic imine (C=N–C) groups is 1. The molecule has 0 bridgehead atoms. The molecular weight excluding hydrogens is 443 g/mol. The number of hydrogen-bond acceptors (Lipinski definition) is 8. The van der Waals surface area contributed by atoms with Crippen LogP contribution < -0.4 is 0 Å². The zero-order valence-electron chi connectivity index (χ0n) is 18.5. The molecule has 4 atom stereocenters. The number of imidazole rings is 1. The van der Waals surface area contributed by atoms with Gasteiger partial charge in [-0.1, -0.05) is 38.5 Å². The highest BCUT2D eigenvalue weighted by Gasteiger charge is 2.58. The number of nitrogens with one attached hydrogen (secondary N) is 2. The monoisotopic (exact) mass is 476 g/mol. The first-order valence-electron chi connectivity index (χ1n) is 10.5. The number of ether oxygens (including phenoxy) is 3. The highest BCUT2D eigenvalue weighted by Crippen LogP contribution is 2.40. The third-order valence-electron chi connectivity index (χ3n) is 4.85. The molecule has 0 aliphatic carbocycles. The van der Waals surface area contributed by atoms with Crippen LogP contribution in [0.5, 0.6) is 0 Å². The average molecular weight is 477 g/mol. The fraction of sp³-hybridized carbons (Fsp3) is 0.750. The van der Waals surface area contributed by atoms with E-state index in [1.807, 2.05) is 6.92 Å². The number of hydrogen-bond donors (Lipinski definition) is 3. The molecule has 176 valence electrons. The van der Waals surface area contributed by atoms with Crippen LogP contribution in [0.2, 0.25) is 0 Å². The molecule has 31 heavy (non-hydrogen) atoms. The SMILES string of the molecule is CCCCOCC1O[C@@](O)(c2cnc(C(=NC(=N)SC)SC)[nH]2)[C@H](F)[C@@H]1OCCCC. The van der Waals surface area contributed by atoms with E-state index in [4.69, 9.17) is 19.6 Å². The summed E-state index contributed by atoms with van der Waals surface area (Å²) in [6, 6.07) is 0. The molecule has 2 heterocycles. The van der Waals surface area contributed by atoms with E-state index >= 15 is 4.39 Å². The molecule has 8 nitrogen and oxygen atoms in total. The Morgan fingerprint density at radius 3 is 2.68 bits per heavy atom. The predicted octanol–water partition coefficient (Wildman–Crippen LogP) is 3.70. The van der Waals surface area contributed by atoms with Crippen molar-refractivity contribution < 1.29 is 23.7 Å². The van der Waals surface area contributed by atoms with Crippen LogP contribution in [-0.2, 0) is 20.0 Å². The Labute approximate surface area is 191 Å². The van der Waals surface area contributed by atoms with Gasteiger partial charge in [-0.15, -0.1) is 11.8 Å². The lowest BCUT2D eigenvalue weighted by Gasteiger charge is -2.23. The second-order valence-electron chi connectivity index (χ2n) is 7.15. The fourth-order valence-corrected chi connectivity index (χ4v) is 3.78. The van der Waals surface area contributed by atoms with Crippen LogP contribution in [0.3, 0.4) is 0 Å². The first kappa shape index (κ1) is 26.3. The molecule has 1 aliphatic heterocycles. The van der Waals surface area contributed by atoms with Gasteiger partial charge in [0.25, 0.3) is 0 Å². The predicted molar refractivity (Wildman–Crippen MR) is 124 cm³/mol. The Kier molecular flexibility index (Phi) is 10.9. The van der Waals surface area contributed by atoms with Gasteiger partial charge in [0.05, 0.1) is 18.5 Å². The van der Waals surface area contributed by atoms with E-state index < -0.39 is 24.2 Å². The minimum atomic E-state index is -2.24. The van der Waals surface area contributed by atoms with Gasteiger partial charge in [0.15, 0.2) is 17.2 Å². The second kappa shape index (κ2) is 12.9. The Bertz CT molecular complexity index is 736. The lowest BCUT2D eigenvalue weighted by atomic mass is 10.0. The van der Waals surface area contributed by atoms with E-state index in [1.165, 1.54) is 29.7 Å². The van der Waals surface area contributed by atoms with E-state index in [2.05, 4.69) is 21.9 Å². The van der Waals surface area contributed by atoms with Crippen molar-refractivity contribution in [1.82, 2.24) is 9.97 Å². The van der Waals surface area contributed by atoms with Gasteiger partial charge in [-0.05, 0) is 25.4 Å². The first-order chi connectivity index (χ1) is 14.9. The minimum Gasteiger partial charge on any atom is -0.379 e. The molecule has 1 aliphatic rings. The van der Waals surface area contributed by atoms with Crippen LogP contribution in [0.15, 0.2) is 11.2 Å². The summed E-state index contributed by atoms with van der Waals surface area (Å²) in [5.74, 6) is -1.91. The Morgan fingerprint density at radius 2 is 2.03 bits per heavy atom. The van der Waals surface area contributed by atoms with Crippen molar-refractivity contribution in [3.63, 3.8) is 0 Å². The number of unbranched alkanes of at least 4 members (excludes halogenated alkanes) is 2. The summed E-state index contributed by atoms with van der Waals surface area (Å²) in [5.41, 5.74) is 0.0765. The number of aromatic amines is 1. The molecule has 0 saturated carbocycles. The topological polar surface area (TPSA) is 113 Å². The summed E-state index contributed by atoms with van der Waals surface area (Å²) in [6.45, 7) is 5.13. The normalized spacial score (nSPS) is 26.5. The highest BCUT2D eigenvalue weighted by molar-refractivity contribution is 8.15. The van der Waals surface area contributed by atoms with Crippen LogP contribution in [0.25, 0.3) is 0 Å². The van der Waals surface area contributed by atoms with Gasteiger partial charge < -0.3 is 24.3 Å². The molecule has 0 spiro atoms. The molecule has 2 rings (SSSR count). The van der Waals surface area contributed by atoms with Gasteiger partial charge in [0.2, 0.25) is 5.79 Å². The minimum absolute atomic E-state index is 0.0765. The molecule has 3 N–H and O–H groups in total. The van der Waals surface area contributed by atoms with E-state index in [-0.39, 0.29) is 17.5 Å². The van der Waals surface area contributed by atoms with Gasteiger partial charge in [0, 0.05) is 13.2 Å². The average Bonchev–Trinajstić information content (AvgIpc) is 3.35. The van der Waals surface area contributed by atoms with E-state index in [1.54, 1.807) is 12.5 Å². The van der Waals surface area contributed by atoms with E-state index in [0.717, 1.165) is 25.7 Å². The fourth-order valence-electron chi connectivity index (χ4n) is 3.06. The Morgan fingerprint density at radius 1 is 1.32 bits per heavy atom. The summed E-state index contributed by atoms with van der Waals surface area (Å²) >= 11 is 2.49. The van der Waals surface area contributed by atoms with Gasteiger partial charge in [-0.3, -0.25) is 5.41 Å². The van der Waals surface area contributed by atoms with E-state index in [0.29, 0.717) is 24.1 Å². The number of thioether (sulfide) groups is 2. The van der Waals surface area contributed by atoms with Gasteiger partial charge in [0.1, 0.15) is 17.3 Å². The van der Waals surface area contributed by atoms with Crippen LogP contribution in [-0.4, -0.2) is 76.0 Å². The number of rotatable bonds is 11. The summed E-state index contributed by atoms with van der Waals surface area (Å²) < 4.78 is 32.6. The summed E-state index contributed by atoms with van der Waals surface area (Å²) in [7, 11) is 0. The number of alkyl halides is 1. The number of H-pyrrole nitrogens is 1. The third kappa shape index (κ3) is 6.75. The van der Waals surface area contributed by atoms with Crippen LogP contribution >= 0.6 is 23.5 Å². The van der Waals surface area contributed by atoms with Crippen molar-refractivity contribution in [3.05, 3.63) is 17.7 Å². The highest BCUT2D eigenvalue weighted by atomic mass is 32.2. The smallest absolute Gasteiger partial charge is 0.244 e. The summed E-state index contributed by atoms with van der Waals surface area (Å²) in [5, 5.41) is 19.5. The summed E-state index contributed by atoms with van der Waals surface area (Å²) in [6.07, 6.45) is 4.94. The molecular formula is C20H33FN4O4S2. The molecule has 1 saturated heterocycles.